The Morgan fingerprint density at radius 1 is 1.12 bits per heavy atom. The average molecular weight is 344 g/mol. The lowest BCUT2D eigenvalue weighted by Gasteiger charge is -2.42. The molecule has 0 bridgehead atoms. The molecule has 0 amide bonds. The van der Waals surface area contributed by atoms with Crippen LogP contribution in [0.25, 0.3) is 0 Å². The molecule has 1 atom stereocenters. The Bertz CT molecular complexity index is 636. The van der Waals surface area contributed by atoms with Crippen LogP contribution >= 0.6 is 11.3 Å². The summed E-state index contributed by atoms with van der Waals surface area (Å²) in [6.45, 7) is 5.94. The molecule has 0 aromatic carbocycles. The van der Waals surface area contributed by atoms with Crippen LogP contribution in [0.3, 0.4) is 0 Å². The molecule has 0 aliphatic carbocycles. The summed E-state index contributed by atoms with van der Waals surface area (Å²) in [6.07, 6.45) is 6.94. The second kappa shape index (κ2) is 7.17. The standard InChI is InChI=1S/C18H24N4OS/c1-4-16(24-13-1)14-21-11-12-23-18(15-21)5-2-9-22(10-6-18)17-19-7-3-8-20-17/h1,3-4,7-8,13H,2,5-6,9-12,14-15H2/t18-/m0/s1. The van der Waals surface area contributed by atoms with Gasteiger partial charge in [0, 0.05) is 50.0 Å². The number of ether oxygens (including phenoxy) is 1. The van der Waals surface area contributed by atoms with Crippen LogP contribution in [0.2, 0.25) is 0 Å². The van der Waals surface area contributed by atoms with Gasteiger partial charge in [0.1, 0.15) is 0 Å². The van der Waals surface area contributed by atoms with Gasteiger partial charge in [0.2, 0.25) is 5.95 Å². The van der Waals surface area contributed by atoms with Crippen LogP contribution in [0.1, 0.15) is 24.1 Å². The van der Waals surface area contributed by atoms with Gasteiger partial charge < -0.3 is 9.64 Å². The molecule has 0 N–H and O–H groups in total. The topological polar surface area (TPSA) is 41.5 Å². The van der Waals surface area contributed by atoms with E-state index in [1.165, 1.54) is 4.88 Å². The zero-order valence-corrected chi connectivity index (χ0v) is 14.7. The lowest BCUT2D eigenvalue weighted by Crippen LogP contribution is -2.51. The SMILES string of the molecule is c1cnc(N2CCC[C@]3(CC2)CN(Cc2cccs2)CCO3)nc1. The van der Waals surface area contributed by atoms with Crippen molar-refractivity contribution in [3.63, 3.8) is 0 Å². The van der Waals surface area contributed by atoms with E-state index < -0.39 is 0 Å². The third-order valence-electron chi connectivity index (χ3n) is 5.02. The Morgan fingerprint density at radius 2 is 2.04 bits per heavy atom. The molecular formula is C18H24N4OS. The molecule has 128 valence electrons. The molecule has 5 nitrogen and oxygen atoms in total. The lowest BCUT2D eigenvalue weighted by atomic mass is 9.92. The van der Waals surface area contributed by atoms with Crippen LogP contribution in [-0.2, 0) is 11.3 Å². The molecule has 0 unspecified atom stereocenters. The number of hydrogen-bond donors (Lipinski definition) is 0. The van der Waals surface area contributed by atoms with Gasteiger partial charge in [-0.15, -0.1) is 11.3 Å². The smallest absolute Gasteiger partial charge is 0.225 e. The van der Waals surface area contributed by atoms with E-state index >= 15 is 0 Å². The van der Waals surface area contributed by atoms with E-state index in [2.05, 4.69) is 37.3 Å². The molecule has 0 radical (unpaired) electrons. The highest BCUT2D eigenvalue weighted by atomic mass is 32.1. The summed E-state index contributed by atoms with van der Waals surface area (Å²) in [7, 11) is 0. The minimum Gasteiger partial charge on any atom is -0.372 e. The molecule has 1 spiro atoms. The van der Waals surface area contributed by atoms with Gasteiger partial charge in [0.05, 0.1) is 12.2 Å². The summed E-state index contributed by atoms with van der Waals surface area (Å²) in [6, 6.07) is 6.24. The predicted molar refractivity (Wildman–Crippen MR) is 96.4 cm³/mol. The first-order valence-corrected chi connectivity index (χ1v) is 9.62. The Morgan fingerprint density at radius 3 is 2.88 bits per heavy atom. The van der Waals surface area contributed by atoms with E-state index in [4.69, 9.17) is 4.74 Å². The molecular weight excluding hydrogens is 320 g/mol. The van der Waals surface area contributed by atoms with Crippen molar-refractivity contribution in [2.75, 3.05) is 37.7 Å². The number of anilines is 1. The van der Waals surface area contributed by atoms with Crippen LogP contribution in [0.15, 0.2) is 36.0 Å². The fraction of sp³-hybridized carbons (Fsp3) is 0.556. The minimum absolute atomic E-state index is 0.000952. The van der Waals surface area contributed by atoms with Crippen molar-refractivity contribution in [2.24, 2.45) is 0 Å². The predicted octanol–water partition coefficient (Wildman–Crippen LogP) is 2.80. The fourth-order valence-corrected chi connectivity index (χ4v) is 4.55. The largest absolute Gasteiger partial charge is 0.372 e. The highest BCUT2D eigenvalue weighted by Crippen LogP contribution is 2.31. The Labute approximate surface area is 147 Å². The first-order chi connectivity index (χ1) is 11.8. The molecule has 2 aliphatic heterocycles. The van der Waals surface area contributed by atoms with Crippen molar-refractivity contribution in [1.82, 2.24) is 14.9 Å². The monoisotopic (exact) mass is 344 g/mol. The zero-order chi connectivity index (χ0) is 16.2. The Kier molecular flexibility index (Phi) is 4.78. The Balaban J connectivity index is 1.41. The number of aromatic nitrogens is 2. The third-order valence-corrected chi connectivity index (χ3v) is 5.88. The zero-order valence-electron chi connectivity index (χ0n) is 13.9. The number of hydrogen-bond acceptors (Lipinski definition) is 6. The van der Waals surface area contributed by atoms with Crippen molar-refractivity contribution in [1.29, 1.82) is 0 Å². The summed E-state index contributed by atoms with van der Waals surface area (Å²) in [5.74, 6) is 0.848. The van der Waals surface area contributed by atoms with Gasteiger partial charge in [-0.3, -0.25) is 4.90 Å². The molecule has 2 saturated heterocycles. The maximum Gasteiger partial charge on any atom is 0.225 e. The van der Waals surface area contributed by atoms with Crippen LogP contribution < -0.4 is 4.90 Å². The van der Waals surface area contributed by atoms with Crippen molar-refractivity contribution >= 4 is 17.3 Å². The molecule has 24 heavy (non-hydrogen) atoms. The average Bonchev–Trinajstić information content (AvgIpc) is 3.04. The lowest BCUT2D eigenvalue weighted by molar-refractivity contribution is -0.116. The van der Waals surface area contributed by atoms with Gasteiger partial charge in [-0.25, -0.2) is 9.97 Å². The third kappa shape index (κ3) is 3.61. The number of morpholine rings is 1. The highest BCUT2D eigenvalue weighted by Gasteiger charge is 2.38. The first-order valence-electron chi connectivity index (χ1n) is 8.74. The van der Waals surface area contributed by atoms with Crippen LogP contribution in [0.4, 0.5) is 5.95 Å². The molecule has 2 fully saturated rings. The maximum atomic E-state index is 6.31. The second-order valence-corrected chi connectivity index (χ2v) is 7.74. The number of thiophene rings is 1. The molecule has 2 aromatic heterocycles. The van der Waals surface area contributed by atoms with Crippen molar-refractivity contribution in [3.05, 3.63) is 40.8 Å². The maximum absolute atomic E-state index is 6.31. The van der Waals surface area contributed by atoms with Gasteiger partial charge in [-0.1, -0.05) is 6.07 Å². The van der Waals surface area contributed by atoms with Gasteiger partial charge in [0.25, 0.3) is 0 Å². The van der Waals surface area contributed by atoms with Crippen molar-refractivity contribution in [2.45, 2.75) is 31.4 Å². The summed E-state index contributed by atoms with van der Waals surface area (Å²) in [5, 5.41) is 2.16. The van der Waals surface area contributed by atoms with E-state index in [0.29, 0.717) is 0 Å². The van der Waals surface area contributed by atoms with E-state index in [0.717, 1.165) is 64.5 Å². The summed E-state index contributed by atoms with van der Waals surface area (Å²) < 4.78 is 6.31. The van der Waals surface area contributed by atoms with Crippen LogP contribution in [0.5, 0.6) is 0 Å². The number of nitrogens with zero attached hydrogens (tertiary/aromatic N) is 4. The summed E-state index contributed by atoms with van der Waals surface area (Å²) >= 11 is 1.85. The van der Waals surface area contributed by atoms with Crippen LogP contribution in [0, 0.1) is 0 Å². The second-order valence-electron chi connectivity index (χ2n) is 6.71. The van der Waals surface area contributed by atoms with Gasteiger partial charge >= 0.3 is 0 Å². The van der Waals surface area contributed by atoms with Crippen LogP contribution in [-0.4, -0.2) is 53.3 Å². The van der Waals surface area contributed by atoms with Gasteiger partial charge in [-0.2, -0.15) is 0 Å². The molecule has 2 aliphatic rings. The minimum atomic E-state index is -0.000952. The van der Waals surface area contributed by atoms with Gasteiger partial charge in [0.15, 0.2) is 0 Å². The van der Waals surface area contributed by atoms with Crippen molar-refractivity contribution in [3.8, 4) is 0 Å². The Hall–Kier alpha value is -1.50. The summed E-state index contributed by atoms with van der Waals surface area (Å²) in [5.41, 5.74) is -0.000952. The van der Waals surface area contributed by atoms with E-state index in [1.807, 2.05) is 29.8 Å². The van der Waals surface area contributed by atoms with Crippen molar-refractivity contribution < 1.29 is 4.74 Å². The normalized spacial score (nSPS) is 25.8. The molecule has 4 heterocycles. The quantitative estimate of drug-likeness (QED) is 0.856. The molecule has 2 aromatic rings. The fourth-order valence-electron chi connectivity index (χ4n) is 3.81. The molecule has 0 saturated carbocycles. The molecule has 4 rings (SSSR count). The number of rotatable bonds is 3. The highest BCUT2D eigenvalue weighted by molar-refractivity contribution is 7.09. The van der Waals surface area contributed by atoms with E-state index in [-0.39, 0.29) is 5.60 Å². The molecule has 6 heteroatoms. The summed E-state index contributed by atoms with van der Waals surface area (Å²) in [4.78, 5) is 15.1. The van der Waals surface area contributed by atoms with Gasteiger partial charge in [-0.05, 0) is 36.8 Å². The first kappa shape index (κ1) is 16.0. The van der Waals surface area contributed by atoms with E-state index in [9.17, 15) is 0 Å². The van der Waals surface area contributed by atoms with E-state index in [1.54, 1.807) is 0 Å².